The Hall–Kier alpha value is -1.66. The third kappa shape index (κ3) is 71.4. The number of esters is 1. The van der Waals surface area contributed by atoms with Gasteiger partial charge in [0.15, 0.2) is 0 Å². The van der Waals surface area contributed by atoms with E-state index >= 15 is 0 Å². The summed E-state index contributed by atoms with van der Waals surface area (Å²) in [5.41, 5.74) is 0. The van der Waals surface area contributed by atoms with Gasteiger partial charge >= 0.3 is 5.97 Å². The largest absolute Gasteiger partial charge is 0.466 e. The van der Waals surface area contributed by atoms with Crippen LogP contribution in [0.1, 0.15) is 450 Å². The highest BCUT2D eigenvalue weighted by Gasteiger charge is 2.18. The second kappa shape index (κ2) is 75.8. The summed E-state index contributed by atoms with van der Waals surface area (Å²) in [6.45, 7) is 4.95. The monoisotopic (exact) mass is 1210 g/mol. The molecule has 0 aromatic carbocycles. The highest BCUT2D eigenvalue weighted by atomic mass is 16.5. The van der Waals surface area contributed by atoms with E-state index in [4.69, 9.17) is 4.74 Å². The molecule has 0 aliphatic rings. The summed E-state index contributed by atoms with van der Waals surface area (Å²) < 4.78 is 5.52. The number of unbranched alkanes of at least 4 members (excludes halogenated alkanes) is 62. The van der Waals surface area contributed by atoms with Gasteiger partial charge in [0.25, 0.3) is 0 Å². The molecule has 0 fully saturated rings. The molecule has 2 unspecified atom stereocenters. The van der Waals surface area contributed by atoms with Gasteiger partial charge in [-0.15, -0.1) is 0 Å². The fourth-order valence-electron chi connectivity index (χ4n) is 12.7. The molecule has 0 aliphatic carbocycles. The first-order chi connectivity index (χ1) is 42.5. The lowest BCUT2D eigenvalue weighted by Gasteiger charge is -2.20. The molecule has 2 atom stereocenters. The molecule has 6 nitrogen and oxygen atoms in total. The van der Waals surface area contributed by atoms with Crippen LogP contribution < -0.4 is 5.32 Å². The van der Waals surface area contributed by atoms with Gasteiger partial charge < -0.3 is 20.3 Å². The standard InChI is InChI=1S/C80H155NO5/c1-3-5-7-9-11-13-15-17-18-19-39-43-46-50-54-58-62-66-70-74-80(85)86-75-71-67-63-59-55-51-47-44-41-38-36-34-32-30-28-26-24-22-20-21-23-25-27-29-31-33-35-37-40-42-45-49-53-57-61-65-69-73-79(84)81-77(76-82)78(83)72-68-64-60-56-52-48-16-14-12-10-8-6-4-2/h20,22,68,72,77-78,82-83H,3-19,21,23-67,69-71,73-76H2,1-2H3,(H,81,84)/b22-20-,72-68+. The van der Waals surface area contributed by atoms with E-state index in [1.165, 1.54) is 385 Å². The third-order valence-corrected chi connectivity index (χ3v) is 18.7. The zero-order chi connectivity index (χ0) is 62.0. The summed E-state index contributed by atoms with van der Waals surface area (Å²) in [7, 11) is 0. The first kappa shape index (κ1) is 84.3. The minimum atomic E-state index is -0.841. The van der Waals surface area contributed by atoms with Gasteiger partial charge in [-0.1, -0.05) is 404 Å². The van der Waals surface area contributed by atoms with Crippen LogP contribution in [0.5, 0.6) is 0 Å². The topological polar surface area (TPSA) is 95.9 Å². The second-order valence-electron chi connectivity index (χ2n) is 27.4. The lowest BCUT2D eigenvalue weighted by atomic mass is 10.0. The summed E-state index contributed by atoms with van der Waals surface area (Å²) in [5.74, 6) is -0.0349. The molecule has 0 bridgehead atoms. The minimum Gasteiger partial charge on any atom is -0.466 e. The molecule has 510 valence electrons. The fourth-order valence-corrected chi connectivity index (χ4v) is 12.7. The van der Waals surface area contributed by atoms with Crippen molar-refractivity contribution in [1.29, 1.82) is 0 Å². The van der Waals surface area contributed by atoms with E-state index in [0.29, 0.717) is 19.4 Å². The SMILES string of the molecule is CCCCCCCCCCCCC/C=C/C(O)C(CO)NC(=O)CCCCCCCCCCCCCCCCCCC/C=C\CCCCCCCCCCCCCCCCCCOC(=O)CCCCCCCCCCCCCCCCCCCCC. The zero-order valence-electron chi connectivity index (χ0n) is 58.6. The van der Waals surface area contributed by atoms with Crippen LogP contribution in [0, 0.1) is 0 Å². The van der Waals surface area contributed by atoms with Gasteiger partial charge in [-0.2, -0.15) is 0 Å². The third-order valence-electron chi connectivity index (χ3n) is 18.7. The predicted molar refractivity (Wildman–Crippen MR) is 380 cm³/mol. The van der Waals surface area contributed by atoms with Crippen molar-refractivity contribution in [2.24, 2.45) is 0 Å². The van der Waals surface area contributed by atoms with Crippen molar-refractivity contribution in [3.05, 3.63) is 24.3 Å². The number of carbonyl (C=O) groups excluding carboxylic acids is 2. The van der Waals surface area contributed by atoms with Gasteiger partial charge in [0.1, 0.15) is 0 Å². The van der Waals surface area contributed by atoms with Crippen LogP contribution >= 0.6 is 0 Å². The molecule has 0 radical (unpaired) electrons. The van der Waals surface area contributed by atoms with E-state index < -0.39 is 12.1 Å². The van der Waals surface area contributed by atoms with Crippen LogP contribution in [0.2, 0.25) is 0 Å². The number of nitrogens with one attached hydrogen (secondary N) is 1. The van der Waals surface area contributed by atoms with Crippen LogP contribution in [0.4, 0.5) is 0 Å². The van der Waals surface area contributed by atoms with E-state index in [1.807, 2.05) is 6.08 Å². The Kier molecular flexibility index (Phi) is 74.3. The molecule has 0 saturated carbocycles. The number of hydrogen-bond donors (Lipinski definition) is 3. The first-order valence-corrected chi connectivity index (χ1v) is 39.6. The second-order valence-corrected chi connectivity index (χ2v) is 27.4. The Morgan fingerprint density at radius 1 is 0.314 bits per heavy atom. The molecule has 1 amide bonds. The van der Waals surface area contributed by atoms with Gasteiger partial charge in [0.2, 0.25) is 5.91 Å². The molecule has 0 rings (SSSR count). The quantitative estimate of drug-likeness (QED) is 0.0320. The number of hydrogen-bond acceptors (Lipinski definition) is 5. The molecule has 0 aromatic rings. The number of allylic oxidation sites excluding steroid dienone is 3. The summed E-state index contributed by atoms with van der Waals surface area (Å²) in [4.78, 5) is 24.6. The van der Waals surface area contributed by atoms with Gasteiger partial charge in [-0.25, -0.2) is 0 Å². The van der Waals surface area contributed by atoms with E-state index in [-0.39, 0.29) is 18.5 Å². The van der Waals surface area contributed by atoms with Crippen molar-refractivity contribution in [2.75, 3.05) is 13.2 Å². The number of aliphatic hydroxyl groups is 2. The number of aliphatic hydroxyl groups excluding tert-OH is 2. The number of carbonyl (C=O) groups is 2. The van der Waals surface area contributed by atoms with E-state index in [2.05, 4.69) is 31.3 Å². The maximum absolute atomic E-state index is 12.5. The van der Waals surface area contributed by atoms with Crippen LogP contribution in [0.3, 0.4) is 0 Å². The lowest BCUT2D eigenvalue weighted by molar-refractivity contribution is -0.143. The lowest BCUT2D eigenvalue weighted by Crippen LogP contribution is -2.45. The maximum Gasteiger partial charge on any atom is 0.305 e. The van der Waals surface area contributed by atoms with Crippen molar-refractivity contribution in [1.82, 2.24) is 5.32 Å². The van der Waals surface area contributed by atoms with Crippen molar-refractivity contribution in [3.8, 4) is 0 Å². The fraction of sp³-hybridized carbons (Fsp3) is 0.925. The number of amides is 1. The first-order valence-electron chi connectivity index (χ1n) is 39.6. The Bertz CT molecular complexity index is 1350. The molecule has 0 aliphatic heterocycles. The van der Waals surface area contributed by atoms with Crippen LogP contribution in [-0.2, 0) is 14.3 Å². The maximum atomic E-state index is 12.5. The van der Waals surface area contributed by atoms with Gasteiger partial charge in [-0.05, 0) is 57.8 Å². The average molecular weight is 1210 g/mol. The highest BCUT2D eigenvalue weighted by Crippen LogP contribution is 2.20. The van der Waals surface area contributed by atoms with E-state index in [0.717, 1.165) is 38.5 Å². The molecular formula is C80H155NO5. The molecule has 0 heterocycles. The molecule has 0 aromatic heterocycles. The van der Waals surface area contributed by atoms with Gasteiger partial charge in [0.05, 0.1) is 25.4 Å². The predicted octanol–water partition coefficient (Wildman–Crippen LogP) is 26.0. The van der Waals surface area contributed by atoms with Gasteiger partial charge in [-0.3, -0.25) is 9.59 Å². The summed E-state index contributed by atoms with van der Waals surface area (Å²) in [5, 5.41) is 23.1. The Balaban J connectivity index is 3.31. The number of rotatable bonds is 75. The molecule has 3 N–H and O–H groups in total. The van der Waals surface area contributed by atoms with Crippen molar-refractivity contribution in [2.45, 2.75) is 463 Å². The summed E-state index contributed by atoms with van der Waals surface area (Å²) >= 11 is 0. The Morgan fingerprint density at radius 3 is 0.826 bits per heavy atom. The number of ether oxygens (including phenoxy) is 1. The van der Waals surface area contributed by atoms with Crippen molar-refractivity contribution < 1.29 is 24.5 Å². The van der Waals surface area contributed by atoms with Crippen molar-refractivity contribution >= 4 is 11.9 Å². The van der Waals surface area contributed by atoms with Crippen LogP contribution in [0.15, 0.2) is 24.3 Å². The average Bonchev–Trinajstić information content (AvgIpc) is 3.55. The smallest absolute Gasteiger partial charge is 0.305 e. The van der Waals surface area contributed by atoms with Crippen LogP contribution in [0.25, 0.3) is 0 Å². The van der Waals surface area contributed by atoms with Crippen molar-refractivity contribution in [3.63, 3.8) is 0 Å². The van der Waals surface area contributed by atoms with E-state index in [1.54, 1.807) is 6.08 Å². The van der Waals surface area contributed by atoms with Crippen LogP contribution in [-0.4, -0.2) is 47.4 Å². The molecule has 6 heteroatoms. The molecular weight excluding hydrogens is 1050 g/mol. The normalized spacial score (nSPS) is 12.6. The summed E-state index contributed by atoms with van der Waals surface area (Å²) in [6, 6.07) is -0.624. The van der Waals surface area contributed by atoms with Gasteiger partial charge in [0, 0.05) is 12.8 Å². The molecule has 86 heavy (non-hydrogen) atoms. The zero-order valence-corrected chi connectivity index (χ0v) is 58.6. The summed E-state index contributed by atoms with van der Waals surface area (Å²) in [6.07, 6.45) is 97.4. The molecule has 0 saturated heterocycles. The highest BCUT2D eigenvalue weighted by molar-refractivity contribution is 5.76. The van der Waals surface area contributed by atoms with E-state index in [9.17, 15) is 19.8 Å². The Morgan fingerprint density at radius 2 is 0.547 bits per heavy atom. The Labute approximate surface area is 539 Å². The minimum absolute atomic E-state index is 0.0270. The molecule has 0 spiro atoms.